The van der Waals surface area contributed by atoms with Gasteiger partial charge in [-0.25, -0.2) is 0 Å². The summed E-state index contributed by atoms with van der Waals surface area (Å²) >= 11 is 0. The molecule has 0 spiro atoms. The van der Waals surface area contributed by atoms with Crippen molar-refractivity contribution in [3.8, 4) is 11.5 Å². The first-order valence-corrected chi connectivity index (χ1v) is 9.63. The number of carbonyl (C=O) groups is 1. The molecule has 3 N–H and O–H groups in total. The molecule has 2 aliphatic carbocycles. The van der Waals surface area contributed by atoms with Crippen LogP contribution in [0.25, 0.3) is 0 Å². The third kappa shape index (κ3) is 4.29. The molecular weight excluding hydrogens is 401 g/mol. The first-order valence-electron chi connectivity index (χ1n) is 9.63. The summed E-state index contributed by atoms with van der Waals surface area (Å²) < 4.78 is 10.7. The molecule has 6 nitrogen and oxygen atoms in total. The molecule has 28 heavy (non-hydrogen) atoms. The fourth-order valence-corrected chi connectivity index (χ4v) is 5.11. The van der Waals surface area contributed by atoms with Crippen molar-refractivity contribution >= 4 is 36.4 Å². The summed E-state index contributed by atoms with van der Waals surface area (Å²) in [6.07, 6.45) is 4.45. The second-order valence-electron chi connectivity index (χ2n) is 7.95. The lowest BCUT2D eigenvalue weighted by molar-refractivity contribution is -0.127. The molecule has 5 atom stereocenters. The van der Waals surface area contributed by atoms with Crippen molar-refractivity contribution < 1.29 is 14.3 Å². The zero-order valence-electron chi connectivity index (χ0n) is 16.4. The molecule has 158 valence electrons. The van der Waals surface area contributed by atoms with Gasteiger partial charge in [-0.2, -0.15) is 0 Å². The number of anilines is 1. The van der Waals surface area contributed by atoms with Crippen molar-refractivity contribution in [2.24, 2.45) is 23.5 Å². The maximum absolute atomic E-state index is 12.8. The number of halogens is 2. The summed E-state index contributed by atoms with van der Waals surface area (Å²) in [4.78, 5) is 15.1. The lowest BCUT2D eigenvalue weighted by Crippen LogP contribution is -2.48. The molecular formula is C20H31Cl2N3O3. The SMILES string of the molecule is COc1cc(OC)cc(N2CCC(NC(=O)C3C4CCC(C4)C3N)C2)c1.Cl.Cl. The molecule has 1 aliphatic heterocycles. The minimum absolute atomic E-state index is 0. The molecule has 8 heteroatoms. The number of nitrogens with one attached hydrogen (secondary N) is 1. The van der Waals surface area contributed by atoms with Crippen molar-refractivity contribution in [3.63, 3.8) is 0 Å². The second-order valence-corrected chi connectivity index (χ2v) is 7.95. The molecule has 1 aromatic rings. The molecule has 1 heterocycles. The number of nitrogens with two attached hydrogens (primary N) is 1. The quantitative estimate of drug-likeness (QED) is 0.748. The Morgan fingerprint density at radius 2 is 1.71 bits per heavy atom. The van der Waals surface area contributed by atoms with E-state index in [0.717, 1.165) is 49.5 Å². The van der Waals surface area contributed by atoms with Crippen LogP contribution in [0.3, 0.4) is 0 Å². The number of nitrogens with zero attached hydrogens (tertiary/aromatic N) is 1. The summed E-state index contributed by atoms with van der Waals surface area (Å²) in [5, 5.41) is 3.27. The third-order valence-electron chi connectivity index (χ3n) is 6.52. The average Bonchev–Trinajstić information content (AvgIpc) is 3.37. The maximum Gasteiger partial charge on any atom is 0.225 e. The molecule has 1 amide bonds. The number of amides is 1. The molecule has 0 radical (unpaired) electrons. The molecule has 4 rings (SSSR count). The Labute approximate surface area is 179 Å². The Morgan fingerprint density at radius 3 is 2.29 bits per heavy atom. The number of ether oxygens (including phenoxy) is 2. The molecule has 3 aliphatic rings. The number of hydrogen-bond acceptors (Lipinski definition) is 5. The van der Waals surface area contributed by atoms with E-state index in [1.807, 2.05) is 18.2 Å². The smallest absolute Gasteiger partial charge is 0.225 e. The van der Waals surface area contributed by atoms with Crippen molar-refractivity contribution in [2.75, 3.05) is 32.2 Å². The molecule has 3 fully saturated rings. The summed E-state index contributed by atoms with van der Waals surface area (Å²) in [6, 6.07) is 6.12. The van der Waals surface area contributed by atoms with Crippen molar-refractivity contribution in [1.82, 2.24) is 5.32 Å². The molecule has 1 saturated heterocycles. The van der Waals surface area contributed by atoms with Gasteiger partial charge in [-0.15, -0.1) is 24.8 Å². The standard InChI is InChI=1S/C20H29N3O3.2ClH/c1-25-16-8-15(9-17(10-16)26-2)23-6-5-14(11-23)22-20(24)18-12-3-4-13(7-12)19(18)21;;/h8-10,12-14,18-19H,3-7,11,21H2,1-2H3,(H,22,24);2*1H. The van der Waals surface area contributed by atoms with Crippen molar-refractivity contribution in [3.05, 3.63) is 18.2 Å². The van der Waals surface area contributed by atoms with Crippen molar-refractivity contribution in [1.29, 1.82) is 0 Å². The number of methoxy groups -OCH3 is 2. The molecule has 2 saturated carbocycles. The van der Waals surface area contributed by atoms with Crippen LogP contribution < -0.4 is 25.4 Å². The van der Waals surface area contributed by atoms with Crippen LogP contribution in [0.5, 0.6) is 11.5 Å². The van der Waals surface area contributed by atoms with Gasteiger partial charge in [0.2, 0.25) is 5.91 Å². The van der Waals surface area contributed by atoms with Gasteiger partial charge in [-0.3, -0.25) is 4.79 Å². The number of fused-ring (bicyclic) bond motifs is 2. The minimum atomic E-state index is 0. The normalized spacial score (nSPS) is 30.4. The van der Waals surface area contributed by atoms with E-state index in [9.17, 15) is 4.79 Å². The van der Waals surface area contributed by atoms with E-state index in [1.165, 1.54) is 6.42 Å². The van der Waals surface area contributed by atoms with Crippen LogP contribution in [0.15, 0.2) is 18.2 Å². The summed E-state index contributed by atoms with van der Waals surface area (Å²) in [7, 11) is 3.31. The van der Waals surface area contributed by atoms with Crippen LogP contribution in [0.2, 0.25) is 0 Å². The van der Waals surface area contributed by atoms with E-state index >= 15 is 0 Å². The van der Waals surface area contributed by atoms with Gasteiger partial charge in [-0.05, 0) is 37.5 Å². The molecule has 5 unspecified atom stereocenters. The van der Waals surface area contributed by atoms with Gasteiger partial charge < -0.3 is 25.4 Å². The minimum Gasteiger partial charge on any atom is -0.497 e. The van der Waals surface area contributed by atoms with E-state index in [1.54, 1.807) is 14.2 Å². The highest BCUT2D eigenvalue weighted by atomic mass is 35.5. The van der Waals surface area contributed by atoms with E-state index < -0.39 is 0 Å². The lowest BCUT2D eigenvalue weighted by Gasteiger charge is -2.28. The monoisotopic (exact) mass is 431 g/mol. The van der Waals surface area contributed by atoms with Crippen LogP contribution >= 0.6 is 24.8 Å². The lowest BCUT2D eigenvalue weighted by atomic mass is 9.84. The molecule has 2 bridgehead atoms. The summed E-state index contributed by atoms with van der Waals surface area (Å²) in [5.74, 6) is 2.79. The van der Waals surface area contributed by atoms with Gasteiger partial charge >= 0.3 is 0 Å². The van der Waals surface area contributed by atoms with E-state index in [2.05, 4.69) is 10.2 Å². The van der Waals surface area contributed by atoms with Crippen LogP contribution in [0.4, 0.5) is 5.69 Å². The van der Waals surface area contributed by atoms with Crippen molar-refractivity contribution in [2.45, 2.75) is 37.8 Å². The molecule has 1 aromatic carbocycles. The molecule has 0 aromatic heterocycles. The number of rotatable bonds is 5. The summed E-state index contributed by atoms with van der Waals surface area (Å²) in [5.41, 5.74) is 7.39. The van der Waals surface area contributed by atoms with Gasteiger partial charge in [0.1, 0.15) is 11.5 Å². The Kier molecular flexibility index (Phi) is 7.71. The van der Waals surface area contributed by atoms with Gasteiger partial charge in [0.25, 0.3) is 0 Å². The summed E-state index contributed by atoms with van der Waals surface area (Å²) in [6.45, 7) is 1.71. The maximum atomic E-state index is 12.8. The van der Waals surface area contributed by atoms with Crippen LogP contribution in [-0.4, -0.2) is 45.3 Å². The van der Waals surface area contributed by atoms with Gasteiger partial charge in [0.15, 0.2) is 0 Å². The van der Waals surface area contributed by atoms with Crippen LogP contribution in [0.1, 0.15) is 25.7 Å². The van der Waals surface area contributed by atoms with Gasteiger partial charge in [0, 0.05) is 49.1 Å². The highest BCUT2D eigenvalue weighted by Gasteiger charge is 2.49. The predicted octanol–water partition coefficient (Wildman–Crippen LogP) is 2.62. The predicted molar refractivity (Wildman–Crippen MR) is 115 cm³/mol. The number of benzene rings is 1. The van der Waals surface area contributed by atoms with Gasteiger partial charge in [0.05, 0.1) is 20.1 Å². The highest BCUT2D eigenvalue weighted by Crippen LogP contribution is 2.47. The zero-order valence-corrected chi connectivity index (χ0v) is 18.1. The fourth-order valence-electron chi connectivity index (χ4n) is 5.11. The zero-order chi connectivity index (χ0) is 18.3. The third-order valence-corrected chi connectivity index (χ3v) is 6.52. The van der Waals surface area contributed by atoms with Crippen LogP contribution in [0, 0.1) is 17.8 Å². The first-order chi connectivity index (χ1) is 12.6. The first kappa shape index (κ1) is 22.9. The van der Waals surface area contributed by atoms with Gasteiger partial charge in [-0.1, -0.05) is 0 Å². The Hall–Kier alpha value is -1.37. The van der Waals surface area contributed by atoms with E-state index in [0.29, 0.717) is 11.8 Å². The second kappa shape index (κ2) is 9.42. The van der Waals surface area contributed by atoms with E-state index in [-0.39, 0.29) is 48.7 Å². The van der Waals surface area contributed by atoms with Crippen LogP contribution in [-0.2, 0) is 4.79 Å². The average molecular weight is 432 g/mol. The number of hydrogen-bond donors (Lipinski definition) is 2. The largest absolute Gasteiger partial charge is 0.497 e. The highest BCUT2D eigenvalue weighted by molar-refractivity contribution is 5.85. The van der Waals surface area contributed by atoms with E-state index in [4.69, 9.17) is 15.2 Å². The Balaban J connectivity index is 0.00000140. The number of carbonyl (C=O) groups excluding carboxylic acids is 1. The fraction of sp³-hybridized carbons (Fsp3) is 0.650. The Bertz CT molecular complexity index is 666. The topological polar surface area (TPSA) is 76.8 Å². The Morgan fingerprint density at radius 1 is 1.07 bits per heavy atom.